The fraction of sp³-hybridized carbons (Fsp3) is 0.227. The Morgan fingerprint density at radius 3 is 2.50 bits per heavy atom. The second-order valence-corrected chi connectivity index (χ2v) is 7.18. The molecule has 2 heterocycles. The molecule has 3 aromatic rings. The van der Waals surface area contributed by atoms with E-state index in [-0.39, 0.29) is 17.8 Å². The molecular weight excluding hydrogens is 355 g/mol. The number of amides is 1. The van der Waals surface area contributed by atoms with Crippen molar-refractivity contribution in [3.8, 4) is 6.07 Å². The number of nitrogens with zero attached hydrogens (tertiary/aromatic N) is 4. The number of hydrogen-bond donors (Lipinski definition) is 0. The summed E-state index contributed by atoms with van der Waals surface area (Å²) in [4.78, 5) is 19.7. The summed E-state index contributed by atoms with van der Waals surface area (Å²) in [6, 6.07) is 15.2. The Labute approximate surface area is 162 Å². The first-order valence-electron chi connectivity index (χ1n) is 9.04. The predicted octanol–water partition coefficient (Wildman–Crippen LogP) is 3.76. The number of carbonyl (C=O) groups excluding carboxylic acids is 1. The van der Waals surface area contributed by atoms with E-state index in [1.165, 1.54) is 12.1 Å². The van der Waals surface area contributed by atoms with Crippen LogP contribution in [-0.2, 0) is 16.9 Å². The maximum absolute atomic E-state index is 13.7. The molecule has 0 radical (unpaired) electrons. The van der Waals surface area contributed by atoms with E-state index in [2.05, 4.69) is 11.1 Å². The Morgan fingerprint density at radius 1 is 1.18 bits per heavy atom. The van der Waals surface area contributed by atoms with Crippen LogP contribution < -0.4 is 0 Å². The van der Waals surface area contributed by atoms with Crippen molar-refractivity contribution in [1.29, 1.82) is 5.26 Å². The van der Waals surface area contributed by atoms with Crippen LogP contribution in [0.2, 0.25) is 0 Å². The maximum Gasteiger partial charge on any atom is 0.254 e. The van der Waals surface area contributed by atoms with Crippen LogP contribution in [0.4, 0.5) is 4.39 Å². The molecule has 5 nitrogen and oxygen atoms in total. The molecule has 1 aromatic heterocycles. The van der Waals surface area contributed by atoms with Crippen LogP contribution in [0.25, 0.3) is 0 Å². The molecule has 28 heavy (non-hydrogen) atoms. The number of aromatic nitrogens is 2. The van der Waals surface area contributed by atoms with E-state index in [0.717, 1.165) is 16.8 Å². The van der Waals surface area contributed by atoms with E-state index in [9.17, 15) is 9.18 Å². The van der Waals surface area contributed by atoms with Gasteiger partial charge in [-0.1, -0.05) is 24.3 Å². The van der Waals surface area contributed by atoms with Gasteiger partial charge in [-0.2, -0.15) is 5.26 Å². The second-order valence-electron chi connectivity index (χ2n) is 7.18. The van der Waals surface area contributed by atoms with Crippen molar-refractivity contribution in [3.05, 3.63) is 89.3 Å². The van der Waals surface area contributed by atoms with Crippen LogP contribution in [0, 0.1) is 17.1 Å². The van der Waals surface area contributed by atoms with Crippen molar-refractivity contribution < 1.29 is 9.18 Å². The Bertz CT molecular complexity index is 1070. The zero-order valence-corrected chi connectivity index (χ0v) is 15.6. The standard InChI is InChI=1S/C22H19FN4O/c1-15(17-5-9-19(23)10-6-17)26-13-20-12-25-14-27(20)22(2,21(26)28)18-7-3-16(11-24)4-8-18/h3-10,12,14-15H,13H2,1-2H3/t15-,22+/m0/s1. The molecule has 0 unspecified atom stereocenters. The molecule has 140 valence electrons. The molecule has 6 heteroatoms. The fourth-order valence-electron chi connectivity index (χ4n) is 3.84. The summed E-state index contributed by atoms with van der Waals surface area (Å²) < 4.78 is 15.2. The number of benzene rings is 2. The third-order valence-corrected chi connectivity index (χ3v) is 5.60. The summed E-state index contributed by atoms with van der Waals surface area (Å²) >= 11 is 0. The summed E-state index contributed by atoms with van der Waals surface area (Å²) in [5, 5.41) is 9.07. The molecule has 1 amide bonds. The van der Waals surface area contributed by atoms with Gasteiger partial charge < -0.3 is 9.47 Å². The van der Waals surface area contributed by atoms with Gasteiger partial charge in [0.2, 0.25) is 0 Å². The van der Waals surface area contributed by atoms with Crippen LogP contribution in [0.3, 0.4) is 0 Å². The number of imidazole rings is 1. The molecule has 1 aliphatic heterocycles. The zero-order valence-electron chi connectivity index (χ0n) is 15.6. The summed E-state index contributed by atoms with van der Waals surface area (Å²) in [5.74, 6) is -0.374. The number of carbonyl (C=O) groups is 1. The van der Waals surface area contributed by atoms with Gasteiger partial charge in [0.05, 0.1) is 36.2 Å². The van der Waals surface area contributed by atoms with Crippen molar-refractivity contribution in [3.63, 3.8) is 0 Å². The predicted molar refractivity (Wildman–Crippen MR) is 101 cm³/mol. The minimum atomic E-state index is -0.980. The van der Waals surface area contributed by atoms with Gasteiger partial charge in [0.15, 0.2) is 0 Å². The van der Waals surface area contributed by atoms with E-state index < -0.39 is 5.54 Å². The maximum atomic E-state index is 13.7. The lowest BCUT2D eigenvalue weighted by Gasteiger charge is -2.44. The van der Waals surface area contributed by atoms with E-state index in [1.54, 1.807) is 41.7 Å². The lowest BCUT2D eigenvalue weighted by atomic mass is 9.86. The molecule has 0 aliphatic carbocycles. The third kappa shape index (κ3) is 2.67. The van der Waals surface area contributed by atoms with Gasteiger partial charge >= 0.3 is 0 Å². The van der Waals surface area contributed by atoms with Crippen LogP contribution in [-0.4, -0.2) is 20.4 Å². The van der Waals surface area contributed by atoms with Gasteiger partial charge in [0.1, 0.15) is 11.4 Å². The molecule has 2 aromatic carbocycles. The van der Waals surface area contributed by atoms with E-state index in [0.29, 0.717) is 12.1 Å². The van der Waals surface area contributed by atoms with Crippen LogP contribution in [0.15, 0.2) is 61.1 Å². The summed E-state index contributed by atoms with van der Waals surface area (Å²) in [5.41, 5.74) is 2.13. The van der Waals surface area contributed by atoms with Crippen LogP contribution >= 0.6 is 0 Å². The van der Waals surface area contributed by atoms with E-state index in [1.807, 2.05) is 30.5 Å². The van der Waals surface area contributed by atoms with Gasteiger partial charge in [-0.15, -0.1) is 0 Å². The van der Waals surface area contributed by atoms with Crippen LogP contribution in [0.1, 0.15) is 42.3 Å². The number of rotatable bonds is 3. The minimum Gasteiger partial charge on any atom is -0.328 e. The van der Waals surface area contributed by atoms with E-state index in [4.69, 9.17) is 5.26 Å². The monoisotopic (exact) mass is 374 g/mol. The van der Waals surface area contributed by atoms with Crippen molar-refractivity contribution in [2.45, 2.75) is 32.0 Å². The van der Waals surface area contributed by atoms with Gasteiger partial charge in [0, 0.05) is 6.20 Å². The lowest BCUT2D eigenvalue weighted by molar-refractivity contribution is -0.143. The summed E-state index contributed by atoms with van der Waals surface area (Å²) in [6.07, 6.45) is 3.43. The highest BCUT2D eigenvalue weighted by Gasteiger charge is 2.46. The molecule has 0 N–H and O–H groups in total. The summed E-state index contributed by atoms with van der Waals surface area (Å²) in [6.45, 7) is 4.23. The first kappa shape index (κ1) is 17.9. The molecule has 0 bridgehead atoms. The molecule has 0 spiro atoms. The quantitative estimate of drug-likeness (QED) is 0.701. The van der Waals surface area contributed by atoms with Gasteiger partial charge in [-0.3, -0.25) is 4.79 Å². The van der Waals surface area contributed by atoms with Crippen molar-refractivity contribution >= 4 is 5.91 Å². The molecular formula is C22H19FN4O. The number of fused-ring (bicyclic) bond motifs is 1. The summed E-state index contributed by atoms with van der Waals surface area (Å²) in [7, 11) is 0. The topological polar surface area (TPSA) is 61.9 Å². The Morgan fingerprint density at radius 2 is 1.86 bits per heavy atom. The number of nitriles is 1. The van der Waals surface area contributed by atoms with Crippen molar-refractivity contribution in [2.75, 3.05) is 0 Å². The Balaban J connectivity index is 1.79. The molecule has 2 atom stereocenters. The SMILES string of the molecule is C[C@@H](c1ccc(F)cc1)N1Cc2cncn2[C@](C)(c2ccc(C#N)cc2)C1=O. The largest absolute Gasteiger partial charge is 0.328 e. The molecule has 0 saturated heterocycles. The van der Waals surface area contributed by atoms with Crippen LogP contribution in [0.5, 0.6) is 0 Å². The first-order chi connectivity index (χ1) is 13.4. The van der Waals surface area contributed by atoms with Crippen molar-refractivity contribution in [2.24, 2.45) is 0 Å². The highest BCUT2D eigenvalue weighted by molar-refractivity contribution is 5.89. The highest BCUT2D eigenvalue weighted by atomic mass is 19.1. The minimum absolute atomic E-state index is 0.0699. The third-order valence-electron chi connectivity index (χ3n) is 5.60. The highest BCUT2D eigenvalue weighted by Crippen LogP contribution is 2.38. The molecule has 0 saturated carbocycles. The number of hydrogen-bond acceptors (Lipinski definition) is 3. The fourth-order valence-corrected chi connectivity index (χ4v) is 3.84. The van der Waals surface area contributed by atoms with Crippen molar-refractivity contribution in [1.82, 2.24) is 14.5 Å². The van der Waals surface area contributed by atoms with E-state index >= 15 is 0 Å². The zero-order chi connectivity index (χ0) is 19.9. The molecule has 0 fully saturated rings. The van der Waals surface area contributed by atoms with Gasteiger partial charge in [-0.25, -0.2) is 9.37 Å². The molecule has 1 aliphatic rings. The second kappa shape index (κ2) is 6.61. The Hall–Kier alpha value is -3.46. The average molecular weight is 374 g/mol. The normalized spacial score (nSPS) is 19.8. The van der Waals surface area contributed by atoms with Gasteiger partial charge in [-0.05, 0) is 49.2 Å². The molecule has 4 rings (SSSR count). The first-order valence-corrected chi connectivity index (χ1v) is 9.04. The Kier molecular flexibility index (Phi) is 4.23. The average Bonchev–Trinajstić information content (AvgIpc) is 3.20. The smallest absolute Gasteiger partial charge is 0.254 e. The number of halogens is 1. The lowest BCUT2D eigenvalue weighted by Crippen LogP contribution is -2.54. The van der Waals surface area contributed by atoms with Gasteiger partial charge in [0.25, 0.3) is 5.91 Å².